The molecule has 19 heavy (non-hydrogen) atoms. The maximum absolute atomic E-state index is 5.47. The molecule has 0 aliphatic rings. The van der Waals surface area contributed by atoms with Gasteiger partial charge in [0.15, 0.2) is 0 Å². The molecule has 3 nitrogen and oxygen atoms in total. The predicted octanol–water partition coefficient (Wildman–Crippen LogP) is 3.35. The van der Waals surface area contributed by atoms with E-state index in [2.05, 4.69) is 10.3 Å². The van der Waals surface area contributed by atoms with Gasteiger partial charge in [0.05, 0.1) is 6.61 Å². The highest BCUT2D eigenvalue weighted by Crippen LogP contribution is 2.09. The summed E-state index contributed by atoms with van der Waals surface area (Å²) < 4.78 is 5.47. The van der Waals surface area contributed by atoms with E-state index in [1.165, 1.54) is 5.56 Å². The molecule has 0 aliphatic heterocycles. The Balaban J connectivity index is 1.76. The number of hydrogen-bond acceptors (Lipinski definition) is 3. The van der Waals surface area contributed by atoms with Crippen LogP contribution in [0, 0.1) is 6.92 Å². The lowest BCUT2D eigenvalue weighted by atomic mass is 10.2. The summed E-state index contributed by atoms with van der Waals surface area (Å²) in [7, 11) is 0. The summed E-state index contributed by atoms with van der Waals surface area (Å²) >= 11 is 5.14. The third kappa shape index (κ3) is 4.67. The second-order valence-corrected chi connectivity index (χ2v) is 4.57. The zero-order valence-corrected chi connectivity index (χ0v) is 11.6. The van der Waals surface area contributed by atoms with E-state index in [0.717, 1.165) is 17.8 Å². The number of nitrogens with one attached hydrogen (secondary N) is 1. The summed E-state index contributed by atoms with van der Waals surface area (Å²) in [4.78, 5) is 4.23. The average Bonchev–Trinajstić information content (AvgIpc) is 2.40. The molecule has 0 saturated carbocycles. The smallest absolute Gasteiger partial charge is 0.261 e. The van der Waals surface area contributed by atoms with Crippen molar-refractivity contribution >= 4 is 23.1 Å². The molecule has 1 N–H and O–H groups in total. The zero-order valence-electron chi connectivity index (χ0n) is 10.8. The van der Waals surface area contributed by atoms with E-state index in [-0.39, 0.29) is 0 Å². The van der Waals surface area contributed by atoms with Gasteiger partial charge < -0.3 is 10.1 Å². The fourth-order valence-corrected chi connectivity index (χ4v) is 1.87. The minimum absolute atomic E-state index is 0.390. The highest BCUT2D eigenvalue weighted by Gasteiger charge is 2.00. The maximum atomic E-state index is 5.47. The van der Waals surface area contributed by atoms with E-state index in [9.17, 15) is 0 Å². The summed E-state index contributed by atoms with van der Waals surface area (Å²) in [6, 6.07) is 13.8. The van der Waals surface area contributed by atoms with Gasteiger partial charge in [0.1, 0.15) is 0 Å². The lowest BCUT2D eigenvalue weighted by Crippen LogP contribution is -2.15. The number of thiocarbonyl (C=S) groups is 1. The molecule has 1 aromatic heterocycles. The van der Waals surface area contributed by atoms with Gasteiger partial charge in [0.25, 0.3) is 5.17 Å². The van der Waals surface area contributed by atoms with Gasteiger partial charge in [-0.15, -0.1) is 0 Å². The molecule has 0 spiro atoms. The average molecular weight is 272 g/mol. The van der Waals surface area contributed by atoms with E-state index < -0.39 is 0 Å². The number of anilines is 1. The third-order valence-electron chi connectivity index (χ3n) is 2.58. The van der Waals surface area contributed by atoms with Crippen molar-refractivity contribution in [2.75, 3.05) is 11.9 Å². The zero-order chi connectivity index (χ0) is 13.5. The number of nitrogens with zero attached hydrogens (tertiary/aromatic N) is 1. The molecule has 0 radical (unpaired) electrons. The second kappa shape index (κ2) is 6.85. The first-order valence-electron chi connectivity index (χ1n) is 6.14. The fourth-order valence-electron chi connectivity index (χ4n) is 1.67. The molecule has 0 fully saturated rings. The lowest BCUT2D eigenvalue weighted by molar-refractivity contribution is 0.315. The minimum atomic E-state index is 0.390. The van der Waals surface area contributed by atoms with Crippen molar-refractivity contribution in [2.24, 2.45) is 0 Å². The Hall–Kier alpha value is -1.94. The quantitative estimate of drug-likeness (QED) is 0.866. The van der Waals surface area contributed by atoms with Crippen molar-refractivity contribution in [3.05, 3.63) is 59.9 Å². The van der Waals surface area contributed by atoms with Crippen LogP contribution in [0.5, 0.6) is 0 Å². The summed E-state index contributed by atoms with van der Waals surface area (Å²) in [5.74, 6) is 0. The van der Waals surface area contributed by atoms with Crippen molar-refractivity contribution in [2.45, 2.75) is 13.3 Å². The van der Waals surface area contributed by atoms with Crippen LogP contribution in [0.25, 0.3) is 0 Å². The molecule has 98 valence electrons. The summed E-state index contributed by atoms with van der Waals surface area (Å²) in [6.07, 6.45) is 2.52. The molecule has 0 aliphatic carbocycles. The first kappa shape index (κ1) is 13.5. The second-order valence-electron chi connectivity index (χ2n) is 4.20. The molecule has 0 amide bonds. The first-order chi connectivity index (χ1) is 9.24. The first-order valence-corrected chi connectivity index (χ1v) is 6.55. The third-order valence-corrected chi connectivity index (χ3v) is 2.80. The Morgan fingerprint density at radius 1 is 1.26 bits per heavy atom. The molecule has 4 heteroatoms. The summed E-state index contributed by atoms with van der Waals surface area (Å²) in [5, 5.41) is 3.45. The van der Waals surface area contributed by atoms with Crippen LogP contribution in [0.3, 0.4) is 0 Å². The summed E-state index contributed by atoms with van der Waals surface area (Å²) in [5.41, 5.74) is 3.13. The van der Waals surface area contributed by atoms with E-state index in [1.54, 1.807) is 6.20 Å². The van der Waals surface area contributed by atoms with Gasteiger partial charge in [-0.25, -0.2) is 0 Å². The highest BCUT2D eigenvalue weighted by molar-refractivity contribution is 7.80. The normalized spacial score (nSPS) is 9.95. The van der Waals surface area contributed by atoms with Crippen molar-refractivity contribution in [3.8, 4) is 0 Å². The number of aryl methyl sites for hydroxylation is 1. The Morgan fingerprint density at radius 2 is 2.16 bits per heavy atom. The van der Waals surface area contributed by atoms with Crippen LogP contribution < -0.4 is 5.32 Å². The van der Waals surface area contributed by atoms with Crippen molar-refractivity contribution in [1.29, 1.82) is 0 Å². The Bertz CT molecular complexity index is 543. The molecule has 1 aromatic carbocycles. The van der Waals surface area contributed by atoms with Crippen molar-refractivity contribution in [3.63, 3.8) is 0 Å². The molecule has 0 atom stereocenters. The number of aromatic nitrogens is 1. The van der Waals surface area contributed by atoms with Gasteiger partial charge in [-0.1, -0.05) is 18.2 Å². The standard InChI is InChI=1S/C15H16N2OS/c1-12-5-4-7-14(11-12)17-15(19)18-10-8-13-6-2-3-9-16-13/h2-7,9,11H,8,10H2,1H3,(H,17,19). The fraction of sp³-hybridized carbons (Fsp3) is 0.200. The Kier molecular flexibility index (Phi) is 4.86. The predicted molar refractivity (Wildman–Crippen MR) is 81.3 cm³/mol. The molecule has 0 unspecified atom stereocenters. The number of ether oxygens (including phenoxy) is 1. The van der Waals surface area contributed by atoms with Crippen molar-refractivity contribution in [1.82, 2.24) is 4.98 Å². The van der Waals surface area contributed by atoms with Crippen LogP contribution >= 0.6 is 12.2 Å². The molecule has 0 bridgehead atoms. The largest absolute Gasteiger partial charge is 0.470 e. The topological polar surface area (TPSA) is 34.1 Å². The maximum Gasteiger partial charge on any atom is 0.261 e. The minimum Gasteiger partial charge on any atom is -0.470 e. The van der Waals surface area contributed by atoms with Gasteiger partial charge in [-0.3, -0.25) is 4.98 Å². The molecular formula is C15H16N2OS. The van der Waals surface area contributed by atoms with Crippen LogP contribution in [0.15, 0.2) is 48.7 Å². The van der Waals surface area contributed by atoms with Crippen LogP contribution in [0.1, 0.15) is 11.3 Å². The highest BCUT2D eigenvalue weighted by atomic mass is 32.1. The summed E-state index contributed by atoms with van der Waals surface area (Å²) in [6.45, 7) is 2.56. The number of hydrogen-bond donors (Lipinski definition) is 1. The molecular weight excluding hydrogens is 256 g/mol. The number of rotatable bonds is 4. The van der Waals surface area contributed by atoms with Gasteiger partial charge in [-0.2, -0.15) is 0 Å². The Labute approximate surface area is 118 Å². The van der Waals surface area contributed by atoms with E-state index in [4.69, 9.17) is 17.0 Å². The van der Waals surface area contributed by atoms with Gasteiger partial charge >= 0.3 is 0 Å². The van der Waals surface area contributed by atoms with Crippen molar-refractivity contribution < 1.29 is 4.74 Å². The van der Waals surface area contributed by atoms with Crippen LogP contribution in [0.4, 0.5) is 5.69 Å². The van der Waals surface area contributed by atoms with E-state index in [1.807, 2.05) is 49.4 Å². The number of pyridine rings is 1. The number of benzene rings is 1. The molecule has 2 rings (SSSR count). The van der Waals surface area contributed by atoms with Gasteiger partial charge in [0, 0.05) is 24.0 Å². The SMILES string of the molecule is Cc1cccc(NC(=S)OCCc2ccccn2)c1. The van der Waals surface area contributed by atoms with E-state index >= 15 is 0 Å². The molecule has 0 saturated heterocycles. The molecule has 2 aromatic rings. The van der Waals surface area contributed by atoms with Gasteiger partial charge in [-0.05, 0) is 49.0 Å². The lowest BCUT2D eigenvalue weighted by Gasteiger charge is -2.10. The monoisotopic (exact) mass is 272 g/mol. The van der Waals surface area contributed by atoms with E-state index in [0.29, 0.717) is 11.8 Å². The van der Waals surface area contributed by atoms with Gasteiger partial charge in [0.2, 0.25) is 0 Å². The Morgan fingerprint density at radius 3 is 2.89 bits per heavy atom. The van der Waals surface area contributed by atoms with Crippen LogP contribution in [-0.4, -0.2) is 16.8 Å². The van der Waals surface area contributed by atoms with Crippen LogP contribution in [-0.2, 0) is 11.2 Å². The van der Waals surface area contributed by atoms with Crippen LogP contribution in [0.2, 0.25) is 0 Å². The molecule has 1 heterocycles.